The first-order valence-corrected chi connectivity index (χ1v) is 7.00. The lowest BCUT2D eigenvalue weighted by molar-refractivity contribution is 0.302. The first-order valence-electron chi connectivity index (χ1n) is 6.62. The lowest BCUT2D eigenvalue weighted by Gasteiger charge is -2.25. The Morgan fingerprint density at radius 3 is 2.83 bits per heavy atom. The Hall–Kier alpha value is -0.770. The molecule has 2 rings (SSSR count). The SMILES string of the molecule is CCN(CCO)c1cc(Cl)ccc1CNC1CC1. The molecule has 0 amide bonds. The highest BCUT2D eigenvalue weighted by Crippen LogP contribution is 2.26. The fourth-order valence-corrected chi connectivity index (χ4v) is 2.26. The average Bonchev–Trinajstić information content (AvgIpc) is 3.18. The number of nitrogens with zero attached hydrogens (tertiary/aromatic N) is 1. The summed E-state index contributed by atoms with van der Waals surface area (Å²) >= 11 is 6.08. The molecular formula is C14H21ClN2O. The Kier molecular flexibility index (Phi) is 4.87. The van der Waals surface area contributed by atoms with E-state index in [1.807, 2.05) is 12.1 Å². The third-order valence-electron chi connectivity index (χ3n) is 3.30. The molecule has 0 saturated heterocycles. The largest absolute Gasteiger partial charge is 0.395 e. The Balaban J connectivity index is 2.14. The van der Waals surface area contributed by atoms with Crippen LogP contribution in [0.4, 0.5) is 5.69 Å². The van der Waals surface area contributed by atoms with E-state index in [1.165, 1.54) is 18.4 Å². The molecule has 0 bridgehead atoms. The van der Waals surface area contributed by atoms with Crippen molar-refractivity contribution in [2.75, 3.05) is 24.6 Å². The maximum absolute atomic E-state index is 9.13. The molecule has 0 atom stereocenters. The highest BCUT2D eigenvalue weighted by Gasteiger charge is 2.21. The zero-order chi connectivity index (χ0) is 13.0. The van der Waals surface area contributed by atoms with Crippen LogP contribution in [0.2, 0.25) is 5.02 Å². The number of aliphatic hydroxyl groups excluding tert-OH is 1. The first-order chi connectivity index (χ1) is 8.74. The average molecular weight is 269 g/mol. The smallest absolute Gasteiger partial charge is 0.0606 e. The molecule has 18 heavy (non-hydrogen) atoms. The minimum atomic E-state index is 0.163. The van der Waals surface area contributed by atoms with E-state index in [1.54, 1.807) is 0 Å². The Bertz CT molecular complexity index is 393. The van der Waals surface area contributed by atoms with Crippen LogP contribution in [0.3, 0.4) is 0 Å². The van der Waals surface area contributed by atoms with Gasteiger partial charge in [0.25, 0.3) is 0 Å². The molecule has 0 spiro atoms. The van der Waals surface area contributed by atoms with Crippen LogP contribution in [0.1, 0.15) is 25.3 Å². The lowest BCUT2D eigenvalue weighted by Crippen LogP contribution is -2.28. The van der Waals surface area contributed by atoms with Crippen LogP contribution in [0.25, 0.3) is 0 Å². The van der Waals surface area contributed by atoms with E-state index in [0.717, 1.165) is 23.8 Å². The van der Waals surface area contributed by atoms with Gasteiger partial charge in [0, 0.05) is 36.4 Å². The van der Waals surface area contributed by atoms with Gasteiger partial charge in [0.15, 0.2) is 0 Å². The van der Waals surface area contributed by atoms with Gasteiger partial charge in [0.05, 0.1) is 6.61 Å². The fourth-order valence-electron chi connectivity index (χ4n) is 2.09. The Morgan fingerprint density at radius 2 is 2.22 bits per heavy atom. The van der Waals surface area contributed by atoms with Gasteiger partial charge in [-0.15, -0.1) is 0 Å². The molecule has 0 unspecified atom stereocenters. The van der Waals surface area contributed by atoms with E-state index in [9.17, 15) is 0 Å². The maximum Gasteiger partial charge on any atom is 0.0606 e. The molecule has 1 aliphatic rings. The van der Waals surface area contributed by atoms with Crippen molar-refractivity contribution < 1.29 is 5.11 Å². The molecule has 1 saturated carbocycles. The van der Waals surface area contributed by atoms with Crippen LogP contribution in [-0.4, -0.2) is 30.8 Å². The van der Waals surface area contributed by atoms with Crippen molar-refractivity contribution in [2.45, 2.75) is 32.4 Å². The third-order valence-corrected chi connectivity index (χ3v) is 3.53. The highest BCUT2D eigenvalue weighted by molar-refractivity contribution is 6.30. The van der Waals surface area contributed by atoms with Gasteiger partial charge in [-0.1, -0.05) is 17.7 Å². The number of halogens is 1. The van der Waals surface area contributed by atoms with Gasteiger partial charge in [0.2, 0.25) is 0 Å². The second-order valence-corrected chi connectivity index (χ2v) is 5.17. The van der Waals surface area contributed by atoms with E-state index in [2.05, 4.69) is 23.2 Å². The van der Waals surface area contributed by atoms with Crippen LogP contribution in [0.15, 0.2) is 18.2 Å². The molecule has 2 N–H and O–H groups in total. The molecule has 0 radical (unpaired) electrons. The summed E-state index contributed by atoms with van der Waals surface area (Å²) in [7, 11) is 0. The Labute approximate surface area is 114 Å². The quantitative estimate of drug-likeness (QED) is 0.797. The monoisotopic (exact) mass is 268 g/mol. The van der Waals surface area contributed by atoms with Gasteiger partial charge in [-0.3, -0.25) is 0 Å². The number of aliphatic hydroxyl groups is 1. The van der Waals surface area contributed by atoms with Crippen molar-refractivity contribution in [3.8, 4) is 0 Å². The normalized spacial score (nSPS) is 14.8. The van der Waals surface area contributed by atoms with Gasteiger partial charge in [-0.05, 0) is 37.5 Å². The predicted molar refractivity (Wildman–Crippen MR) is 76.3 cm³/mol. The molecule has 1 fully saturated rings. The lowest BCUT2D eigenvalue weighted by atomic mass is 10.1. The van der Waals surface area contributed by atoms with Crippen LogP contribution < -0.4 is 10.2 Å². The minimum Gasteiger partial charge on any atom is -0.395 e. The number of benzene rings is 1. The summed E-state index contributed by atoms with van der Waals surface area (Å²) in [4.78, 5) is 2.16. The number of anilines is 1. The van der Waals surface area contributed by atoms with E-state index in [-0.39, 0.29) is 6.61 Å². The van der Waals surface area contributed by atoms with Crippen molar-refractivity contribution >= 4 is 17.3 Å². The number of hydrogen-bond donors (Lipinski definition) is 2. The van der Waals surface area contributed by atoms with Crippen molar-refractivity contribution in [2.24, 2.45) is 0 Å². The number of rotatable bonds is 7. The second-order valence-electron chi connectivity index (χ2n) is 4.73. The van der Waals surface area contributed by atoms with E-state index in [4.69, 9.17) is 16.7 Å². The third kappa shape index (κ3) is 3.61. The molecule has 1 aromatic carbocycles. The van der Waals surface area contributed by atoms with Crippen LogP contribution >= 0.6 is 11.6 Å². The second kappa shape index (κ2) is 6.41. The van der Waals surface area contributed by atoms with Gasteiger partial charge in [-0.2, -0.15) is 0 Å². The van der Waals surface area contributed by atoms with Crippen molar-refractivity contribution in [1.29, 1.82) is 0 Å². The number of likely N-dealkylation sites (N-methyl/N-ethyl adjacent to an activating group) is 1. The summed E-state index contributed by atoms with van der Waals surface area (Å²) in [6, 6.07) is 6.70. The number of nitrogens with one attached hydrogen (secondary N) is 1. The van der Waals surface area contributed by atoms with Gasteiger partial charge in [0.1, 0.15) is 0 Å². The molecule has 3 nitrogen and oxygen atoms in total. The van der Waals surface area contributed by atoms with E-state index in [0.29, 0.717) is 12.6 Å². The van der Waals surface area contributed by atoms with Crippen LogP contribution in [0.5, 0.6) is 0 Å². The van der Waals surface area contributed by atoms with Crippen LogP contribution in [-0.2, 0) is 6.54 Å². The summed E-state index contributed by atoms with van der Waals surface area (Å²) < 4.78 is 0. The van der Waals surface area contributed by atoms with Crippen LogP contribution in [0, 0.1) is 0 Å². The fraction of sp³-hybridized carbons (Fsp3) is 0.571. The van der Waals surface area contributed by atoms with Crippen molar-refractivity contribution in [1.82, 2.24) is 5.32 Å². The molecule has 0 aliphatic heterocycles. The summed E-state index contributed by atoms with van der Waals surface area (Å²) in [5.41, 5.74) is 2.38. The van der Waals surface area contributed by atoms with Gasteiger partial charge >= 0.3 is 0 Å². The minimum absolute atomic E-state index is 0.163. The summed E-state index contributed by atoms with van der Waals surface area (Å²) in [5, 5.41) is 13.4. The zero-order valence-corrected chi connectivity index (χ0v) is 11.6. The van der Waals surface area contributed by atoms with Gasteiger partial charge in [-0.25, -0.2) is 0 Å². The zero-order valence-electron chi connectivity index (χ0n) is 10.8. The first kappa shape index (κ1) is 13.7. The van der Waals surface area contributed by atoms with E-state index < -0.39 is 0 Å². The van der Waals surface area contributed by atoms with Crippen molar-refractivity contribution in [3.05, 3.63) is 28.8 Å². The summed E-state index contributed by atoms with van der Waals surface area (Å²) in [5.74, 6) is 0. The molecule has 0 heterocycles. The van der Waals surface area contributed by atoms with Gasteiger partial charge < -0.3 is 15.3 Å². The summed E-state index contributed by atoms with van der Waals surface area (Å²) in [6.45, 7) is 4.65. The van der Waals surface area contributed by atoms with Crippen molar-refractivity contribution in [3.63, 3.8) is 0 Å². The highest BCUT2D eigenvalue weighted by atomic mass is 35.5. The number of hydrogen-bond acceptors (Lipinski definition) is 3. The van der Waals surface area contributed by atoms with E-state index >= 15 is 0 Å². The summed E-state index contributed by atoms with van der Waals surface area (Å²) in [6.07, 6.45) is 2.58. The molecule has 1 aliphatic carbocycles. The predicted octanol–water partition coefficient (Wildman–Crippen LogP) is 2.41. The molecular weight excluding hydrogens is 248 g/mol. The molecule has 100 valence electrons. The molecule has 0 aromatic heterocycles. The Morgan fingerprint density at radius 1 is 1.44 bits per heavy atom. The maximum atomic E-state index is 9.13. The standard InChI is InChI=1S/C14H21ClN2O/c1-2-17(7-8-18)14-9-12(15)4-3-11(14)10-16-13-5-6-13/h3-4,9,13,16,18H,2,5-8,10H2,1H3. The molecule has 4 heteroatoms. The topological polar surface area (TPSA) is 35.5 Å². The molecule has 1 aromatic rings.